The van der Waals surface area contributed by atoms with Crippen LogP contribution >= 0.6 is 0 Å². The second-order valence-electron chi connectivity index (χ2n) is 3.72. The fraction of sp³-hybridized carbons (Fsp3) is 0.0769. The van der Waals surface area contributed by atoms with Gasteiger partial charge in [0.05, 0.1) is 28.8 Å². The van der Waals surface area contributed by atoms with Gasteiger partial charge in [0.1, 0.15) is 17.7 Å². The van der Waals surface area contributed by atoms with E-state index in [1.54, 1.807) is 6.92 Å². The van der Waals surface area contributed by atoms with Crippen LogP contribution in [-0.4, -0.2) is 4.98 Å². The molecule has 1 heterocycles. The molecule has 0 spiro atoms. The lowest BCUT2D eigenvalue weighted by molar-refractivity contribution is 0.610. The van der Waals surface area contributed by atoms with Gasteiger partial charge < -0.3 is 5.32 Å². The summed E-state index contributed by atoms with van der Waals surface area (Å²) in [6.45, 7) is 1.55. The maximum atomic E-state index is 13.3. The number of pyridine rings is 1. The maximum Gasteiger partial charge on any atom is 0.146 e. The zero-order valence-corrected chi connectivity index (χ0v) is 9.54. The van der Waals surface area contributed by atoms with Gasteiger partial charge in [-0.2, -0.15) is 5.26 Å². The normalized spacial score (nSPS) is 9.89. The number of hydrogen-bond acceptors (Lipinski definition) is 3. The number of hydrogen-bond donors (Lipinski definition) is 1. The van der Waals surface area contributed by atoms with Gasteiger partial charge >= 0.3 is 0 Å². The first-order chi connectivity index (χ1) is 8.60. The van der Waals surface area contributed by atoms with Crippen LogP contribution in [0.3, 0.4) is 0 Å². The number of rotatable bonds is 2. The van der Waals surface area contributed by atoms with Gasteiger partial charge in [-0.3, -0.25) is 4.98 Å². The molecule has 0 aliphatic heterocycles. The van der Waals surface area contributed by atoms with Crippen molar-refractivity contribution in [1.82, 2.24) is 4.98 Å². The molecule has 0 aliphatic rings. The zero-order valence-electron chi connectivity index (χ0n) is 9.54. The molecule has 1 aromatic carbocycles. The minimum Gasteiger partial charge on any atom is -0.353 e. The summed E-state index contributed by atoms with van der Waals surface area (Å²) in [6.07, 6.45) is 1.45. The average Bonchev–Trinajstić information content (AvgIpc) is 2.36. The van der Waals surface area contributed by atoms with E-state index in [4.69, 9.17) is 5.26 Å². The van der Waals surface area contributed by atoms with Gasteiger partial charge in [-0.05, 0) is 25.1 Å². The molecular formula is C13H9F2N3. The predicted octanol–water partition coefficient (Wildman–Crippen LogP) is 3.28. The zero-order chi connectivity index (χ0) is 13.1. The number of benzene rings is 1. The topological polar surface area (TPSA) is 48.7 Å². The van der Waals surface area contributed by atoms with Crippen LogP contribution in [0, 0.1) is 29.9 Å². The average molecular weight is 245 g/mol. The number of aromatic nitrogens is 1. The molecule has 1 N–H and O–H groups in total. The number of halogens is 2. The molecule has 0 saturated heterocycles. The van der Waals surface area contributed by atoms with Crippen molar-refractivity contribution in [3.05, 3.63) is 53.4 Å². The number of nitrogens with one attached hydrogen (secondary N) is 1. The molecule has 3 nitrogen and oxygen atoms in total. The fourth-order valence-corrected chi connectivity index (χ4v) is 1.45. The molecule has 0 aliphatic carbocycles. The molecule has 18 heavy (non-hydrogen) atoms. The van der Waals surface area contributed by atoms with Gasteiger partial charge in [-0.15, -0.1) is 0 Å². The van der Waals surface area contributed by atoms with E-state index < -0.39 is 11.6 Å². The summed E-state index contributed by atoms with van der Waals surface area (Å²) >= 11 is 0. The molecule has 0 atom stereocenters. The molecule has 0 fully saturated rings. The lowest BCUT2D eigenvalue weighted by Gasteiger charge is -2.08. The highest BCUT2D eigenvalue weighted by atomic mass is 19.1. The van der Waals surface area contributed by atoms with Crippen molar-refractivity contribution < 1.29 is 8.78 Å². The van der Waals surface area contributed by atoms with E-state index in [9.17, 15) is 8.78 Å². The molecule has 2 rings (SSSR count). The molecule has 0 amide bonds. The van der Waals surface area contributed by atoms with Crippen LogP contribution in [-0.2, 0) is 0 Å². The molecule has 0 unspecified atom stereocenters. The van der Waals surface area contributed by atoms with Gasteiger partial charge in [-0.1, -0.05) is 0 Å². The summed E-state index contributed by atoms with van der Waals surface area (Å²) < 4.78 is 26.2. The number of nitriles is 1. The second-order valence-corrected chi connectivity index (χ2v) is 3.72. The molecule has 1 aromatic heterocycles. The van der Waals surface area contributed by atoms with Gasteiger partial charge in [0.25, 0.3) is 0 Å². The Morgan fingerprint density at radius 1 is 1.28 bits per heavy atom. The molecule has 0 radical (unpaired) electrons. The largest absolute Gasteiger partial charge is 0.353 e. The Bertz CT molecular complexity index is 633. The lowest BCUT2D eigenvalue weighted by atomic mass is 10.2. The Labute approximate surface area is 103 Å². The number of aryl methyl sites for hydroxylation is 1. The highest BCUT2D eigenvalue weighted by molar-refractivity contribution is 5.66. The smallest absolute Gasteiger partial charge is 0.146 e. The van der Waals surface area contributed by atoms with Crippen molar-refractivity contribution in [3.8, 4) is 6.07 Å². The third kappa shape index (κ3) is 2.43. The minimum atomic E-state index is -0.495. The van der Waals surface area contributed by atoms with Gasteiger partial charge in [0.15, 0.2) is 0 Å². The standard InChI is InChI=1S/C13H9F2N3/c1-8-12(15)5-11(7-17-8)18-13-3-2-10(14)4-9(13)6-16/h2-5,7,18H,1H3. The third-order valence-electron chi connectivity index (χ3n) is 2.41. The van der Waals surface area contributed by atoms with Crippen LogP contribution in [0.25, 0.3) is 0 Å². The van der Waals surface area contributed by atoms with E-state index in [2.05, 4.69) is 10.3 Å². The summed E-state index contributed by atoms with van der Waals surface area (Å²) in [7, 11) is 0. The van der Waals surface area contributed by atoms with Gasteiger partial charge in [0.2, 0.25) is 0 Å². The highest BCUT2D eigenvalue weighted by Crippen LogP contribution is 2.21. The summed E-state index contributed by atoms with van der Waals surface area (Å²) in [6, 6.07) is 6.89. The monoisotopic (exact) mass is 245 g/mol. The van der Waals surface area contributed by atoms with E-state index in [-0.39, 0.29) is 5.56 Å². The van der Waals surface area contributed by atoms with Crippen LogP contribution in [0.2, 0.25) is 0 Å². The number of anilines is 2. The van der Waals surface area contributed by atoms with E-state index >= 15 is 0 Å². The Kier molecular flexibility index (Phi) is 3.20. The van der Waals surface area contributed by atoms with Gasteiger partial charge in [0, 0.05) is 6.07 Å². The SMILES string of the molecule is Cc1ncc(Nc2ccc(F)cc2C#N)cc1F. The molecule has 0 saturated carbocycles. The van der Waals surface area contributed by atoms with E-state index in [1.807, 2.05) is 6.07 Å². The summed E-state index contributed by atoms with van der Waals surface area (Å²) in [5.74, 6) is -0.939. The van der Waals surface area contributed by atoms with Crippen LogP contribution in [0.1, 0.15) is 11.3 Å². The van der Waals surface area contributed by atoms with Crippen LogP contribution < -0.4 is 5.32 Å². The number of nitrogens with zero attached hydrogens (tertiary/aromatic N) is 2. The molecule has 5 heteroatoms. The lowest BCUT2D eigenvalue weighted by Crippen LogP contribution is -1.97. The van der Waals surface area contributed by atoms with Crippen molar-refractivity contribution in [2.45, 2.75) is 6.92 Å². The Morgan fingerprint density at radius 3 is 2.72 bits per heavy atom. The van der Waals surface area contributed by atoms with E-state index in [0.717, 1.165) is 6.07 Å². The second kappa shape index (κ2) is 4.80. The predicted molar refractivity (Wildman–Crippen MR) is 63.3 cm³/mol. The van der Waals surface area contributed by atoms with E-state index in [0.29, 0.717) is 17.1 Å². The summed E-state index contributed by atoms with van der Waals surface area (Å²) in [4.78, 5) is 3.85. The minimum absolute atomic E-state index is 0.149. The van der Waals surface area contributed by atoms with Crippen molar-refractivity contribution in [1.29, 1.82) is 5.26 Å². The Balaban J connectivity index is 2.34. The van der Waals surface area contributed by atoms with Crippen LogP contribution in [0.4, 0.5) is 20.2 Å². The van der Waals surface area contributed by atoms with Crippen molar-refractivity contribution in [2.24, 2.45) is 0 Å². The first kappa shape index (κ1) is 12.0. The highest BCUT2D eigenvalue weighted by Gasteiger charge is 2.06. The third-order valence-corrected chi connectivity index (χ3v) is 2.41. The van der Waals surface area contributed by atoms with Crippen LogP contribution in [0.15, 0.2) is 30.5 Å². The molecule has 90 valence electrons. The quantitative estimate of drug-likeness (QED) is 0.883. The van der Waals surface area contributed by atoms with Crippen molar-refractivity contribution >= 4 is 11.4 Å². The van der Waals surface area contributed by atoms with E-state index in [1.165, 1.54) is 24.4 Å². The Morgan fingerprint density at radius 2 is 2.06 bits per heavy atom. The van der Waals surface area contributed by atoms with Gasteiger partial charge in [-0.25, -0.2) is 8.78 Å². The van der Waals surface area contributed by atoms with Crippen molar-refractivity contribution in [2.75, 3.05) is 5.32 Å². The van der Waals surface area contributed by atoms with Crippen LogP contribution in [0.5, 0.6) is 0 Å². The maximum absolute atomic E-state index is 13.3. The van der Waals surface area contributed by atoms with Crippen molar-refractivity contribution in [3.63, 3.8) is 0 Å². The molecular weight excluding hydrogens is 236 g/mol. The Hall–Kier alpha value is -2.48. The fourth-order valence-electron chi connectivity index (χ4n) is 1.45. The molecule has 0 bridgehead atoms. The first-order valence-corrected chi connectivity index (χ1v) is 5.19. The molecule has 2 aromatic rings. The summed E-state index contributed by atoms with van der Waals surface area (Å²) in [5, 5.41) is 11.7. The summed E-state index contributed by atoms with van der Waals surface area (Å²) in [5.41, 5.74) is 1.25. The first-order valence-electron chi connectivity index (χ1n) is 5.19.